The van der Waals surface area contributed by atoms with Crippen molar-refractivity contribution in [3.05, 3.63) is 33.1 Å². The third-order valence-corrected chi connectivity index (χ3v) is 3.91. The van der Waals surface area contributed by atoms with Gasteiger partial charge in [-0.25, -0.2) is 0 Å². The maximum Gasteiger partial charge on any atom is 0.148 e. The molecule has 0 aromatic carbocycles. The van der Waals surface area contributed by atoms with Crippen molar-refractivity contribution in [3.63, 3.8) is 0 Å². The monoisotopic (exact) mass is 285 g/mol. The molecule has 1 atom stereocenters. The minimum absolute atomic E-state index is 0.288. The Bertz CT molecular complexity index is 449. The van der Waals surface area contributed by atoms with Crippen LogP contribution in [0.5, 0.6) is 0 Å². The standard InChI is InChI=1S/C10H12BrN3S/c1-7(8-3-4-9(11)15-8)12-10-5-6-14(2)13-10/h3-7H,1-2H3,(H,12,13). The molecule has 1 N–H and O–H groups in total. The van der Waals surface area contributed by atoms with Crippen molar-refractivity contribution >= 4 is 33.1 Å². The highest BCUT2D eigenvalue weighted by Crippen LogP contribution is 2.28. The first-order valence-corrected chi connectivity index (χ1v) is 6.27. The molecule has 0 fully saturated rings. The molecule has 2 heterocycles. The number of aryl methyl sites for hydroxylation is 1. The number of anilines is 1. The second-order valence-corrected chi connectivity index (χ2v) is 5.88. The van der Waals surface area contributed by atoms with Gasteiger partial charge in [0.15, 0.2) is 0 Å². The molecule has 0 saturated carbocycles. The Kier molecular flexibility index (Phi) is 3.11. The summed E-state index contributed by atoms with van der Waals surface area (Å²) in [5.74, 6) is 0.912. The van der Waals surface area contributed by atoms with Crippen LogP contribution in [0.1, 0.15) is 17.8 Å². The van der Waals surface area contributed by atoms with E-state index in [1.807, 2.05) is 19.3 Å². The van der Waals surface area contributed by atoms with Gasteiger partial charge in [0, 0.05) is 24.2 Å². The Labute approximate surface area is 101 Å². The maximum atomic E-state index is 4.28. The summed E-state index contributed by atoms with van der Waals surface area (Å²) in [5, 5.41) is 7.63. The molecular formula is C10H12BrN3S. The number of hydrogen-bond donors (Lipinski definition) is 1. The average molecular weight is 286 g/mol. The van der Waals surface area contributed by atoms with E-state index < -0.39 is 0 Å². The highest BCUT2D eigenvalue weighted by atomic mass is 79.9. The van der Waals surface area contributed by atoms with Crippen LogP contribution in [-0.4, -0.2) is 9.78 Å². The van der Waals surface area contributed by atoms with Crippen LogP contribution in [0.25, 0.3) is 0 Å². The van der Waals surface area contributed by atoms with Crippen LogP contribution in [0.15, 0.2) is 28.2 Å². The van der Waals surface area contributed by atoms with E-state index in [4.69, 9.17) is 0 Å². The number of thiophene rings is 1. The Hall–Kier alpha value is -0.810. The van der Waals surface area contributed by atoms with E-state index in [0.29, 0.717) is 0 Å². The van der Waals surface area contributed by atoms with Crippen LogP contribution in [0.4, 0.5) is 5.82 Å². The maximum absolute atomic E-state index is 4.28. The lowest BCUT2D eigenvalue weighted by atomic mass is 10.3. The Morgan fingerprint density at radius 2 is 2.27 bits per heavy atom. The van der Waals surface area contributed by atoms with Crippen LogP contribution < -0.4 is 5.32 Å². The van der Waals surface area contributed by atoms with E-state index in [1.165, 1.54) is 4.88 Å². The third-order valence-electron chi connectivity index (χ3n) is 2.10. The molecule has 5 heteroatoms. The lowest BCUT2D eigenvalue weighted by Crippen LogP contribution is -2.05. The predicted molar refractivity (Wildman–Crippen MR) is 67.3 cm³/mol. The quantitative estimate of drug-likeness (QED) is 0.937. The molecule has 0 aliphatic carbocycles. The van der Waals surface area contributed by atoms with Gasteiger partial charge >= 0.3 is 0 Å². The smallest absolute Gasteiger partial charge is 0.148 e. The summed E-state index contributed by atoms with van der Waals surface area (Å²) in [6, 6.07) is 6.45. The number of aromatic nitrogens is 2. The summed E-state index contributed by atoms with van der Waals surface area (Å²) in [7, 11) is 1.91. The van der Waals surface area contributed by atoms with Gasteiger partial charge in [-0.3, -0.25) is 4.68 Å². The molecule has 2 aromatic heterocycles. The Morgan fingerprint density at radius 1 is 1.47 bits per heavy atom. The van der Waals surface area contributed by atoms with E-state index in [9.17, 15) is 0 Å². The fourth-order valence-corrected chi connectivity index (χ4v) is 2.77. The van der Waals surface area contributed by atoms with Crippen molar-refractivity contribution < 1.29 is 0 Å². The molecule has 1 unspecified atom stereocenters. The summed E-state index contributed by atoms with van der Waals surface area (Å²) in [6.45, 7) is 2.13. The molecular weight excluding hydrogens is 274 g/mol. The predicted octanol–water partition coefficient (Wildman–Crippen LogP) is 3.42. The molecule has 0 radical (unpaired) electrons. The molecule has 0 bridgehead atoms. The first kappa shape index (κ1) is 10.7. The van der Waals surface area contributed by atoms with Crippen molar-refractivity contribution in [3.8, 4) is 0 Å². The highest BCUT2D eigenvalue weighted by Gasteiger charge is 2.08. The number of halogens is 1. The van der Waals surface area contributed by atoms with Crippen molar-refractivity contribution in [2.24, 2.45) is 7.05 Å². The topological polar surface area (TPSA) is 29.9 Å². The summed E-state index contributed by atoms with van der Waals surface area (Å²) >= 11 is 5.20. The number of rotatable bonds is 3. The first-order chi connectivity index (χ1) is 7.15. The number of nitrogens with zero attached hydrogens (tertiary/aromatic N) is 2. The Balaban J connectivity index is 2.06. The summed E-state index contributed by atoms with van der Waals surface area (Å²) < 4.78 is 2.95. The van der Waals surface area contributed by atoms with E-state index >= 15 is 0 Å². The average Bonchev–Trinajstić information content (AvgIpc) is 2.75. The van der Waals surface area contributed by atoms with Gasteiger partial charge in [-0.05, 0) is 35.0 Å². The van der Waals surface area contributed by atoms with E-state index in [1.54, 1.807) is 16.0 Å². The minimum atomic E-state index is 0.288. The van der Waals surface area contributed by atoms with Crippen LogP contribution in [0.2, 0.25) is 0 Å². The minimum Gasteiger partial charge on any atom is -0.361 e. The molecule has 2 aromatic rings. The summed E-state index contributed by atoms with van der Waals surface area (Å²) in [5.41, 5.74) is 0. The fraction of sp³-hybridized carbons (Fsp3) is 0.300. The van der Waals surface area contributed by atoms with Gasteiger partial charge in [0.05, 0.1) is 9.83 Å². The van der Waals surface area contributed by atoms with Crippen LogP contribution in [0, 0.1) is 0 Å². The van der Waals surface area contributed by atoms with Crippen molar-refractivity contribution in [2.45, 2.75) is 13.0 Å². The SMILES string of the molecule is CC(Nc1ccn(C)n1)c1ccc(Br)s1. The van der Waals surface area contributed by atoms with Crippen molar-refractivity contribution in [1.29, 1.82) is 0 Å². The zero-order valence-electron chi connectivity index (χ0n) is 8.57. The van der Waals surface area contributed by atoms with Gasteiger partial charge in [-0.2, -0.15) is 5.10 Å². The summed E-state index contributed by atoms with van der Waals surface area (Å²) in [6.07, 6.45) is 1.93. The van der Waals surface area contributed by atoms with Crippen molar-refractivity contribution in [2.75, 3.05) is 5.32 Å². The van der Waals surface area contributed by atoms with Gasteiger partial charge < -0.3 is 5.32 Å². The van der Waals surface area contributed by atoms with Gasteiger partial charge in [-0.1, -0.05) is 0 Å². The number of hydrogen-bond acceptors (Lipinski definition) is 3. The molecule has 3 nitrogen and oxygen atoms in total. The molecule has 80 valence electrons. The fourth-order valence-electron chi connectivity index (χ4n) is 1.35. The van der Waals surface area contributed by atoms with Gasteiger partial charge in [0.2, 0.25) is 0 Å². The molecule has 15 heavy (non-hydrogen) atoms. The van der Waals surface area contributed by atoms with Gasteiger partial charge in [0.25, 0.3) is 0 Å². The molecule has 0 saturated heterocycles. The Morgan fingerprint density at radius 3 is 2.80 bits per heavy atom. The van der Waals surface area contributed by atoms with E-state index in [2.05, 4.69) is 45.4 Å². The molecule has 0 aliphatic rings. The van der Waals surface area contributed by atoms with Crippen LogP contribution >= 0.6 is 27.3 Å². The highest BCUT2D eigenvalue weighted by molar-refractivity contribution is 9.11. The first-order valence-electron chi connectivity index (χ1n) is 4.66. The largest absolute Gasteiger partial charge is 0.361 e. The molecule has 0 aliphatic heterocycles. The van der Waals surface area contributed by atoms with E-state index in [-0.39, 0.29) is 6.04 Å². The van der Waals surface area contributed by atoms with E-state index in [0.717, 1.165) is 9.60 Å². The van der Waals surface area contributed by atoms with Crippen molar-refractivity contribution in [1.82, 2.24) is 9.78 Å². The third kappa shape index (κ3) is 2.60. The summed E-state index contributed by atoms with van der Waals surface area (Å²) in [4.78, 5) is 1.30. The number of nitrogens with one attached hydrogen (secondary N) is 1. The van der Waals surface area contributed by atoms with Crippen LogP contribution in [0.3, 0.4) is 0 Å². The molecule has 0 spiro atoms. The molecule has 0 amide bonds. The van der Waals surface area contributed by atoms with Crippen LogP contribution in [-0.2, 0) is 7.05 Å². The van der Waals surface area contributed by atoms with Gasteiger partial charge in [0.1, 0.15) is 5.82 Å². The normalized spacial score (nSPS) is 12.7. The molecule has 2 rings (SSSR count). The second-order valence-electron chi connectivity index (χ2n) is 3.38. The zero-order valence-corrected chi connectivity index (χ0v) is 11.0. The van der Waals surface area contributed by atoms with Gasteiger partial charge in [-0.15, -0.1) is 11.3 Å². The second kappa shape index (κ2) is 4.37. The zero-order chi connectivity index (χ0) is 10.8. The lowest BCUT2D eigenvalue weighted by Gasteiger charge is -2.10. The lowest BCUT2D eigenvalue weighted by molar-refractivity contribution is 0.761.